The first-order chi connectivity index (χ1) is 6.79. The molecule has 1 aliphatic rings. The van der Waals surface area contributed by atoms with Gasteiger partial charge in [-0.2, -0.15) is 0 Å². The molecule has 1 N–H and O–H groups in total. The molecule has 2 heterocycles. The van der Waals surface area contributed by atoms with Crippen molar-refractivity contribution in [2.45, 2.75) is 13.3 Å². The number of hydrogen-bond donors (Lipinski definition) is 1. The van der Waals surface area contributed by atoms with Gasteiger partial charge in [-0.25, -0.2) is 4.98 Å². The fourth-order valence-electron chi connectivity index (χ4n) is 1.57. The van der Waals surface area contributed by atoms with Gasteiger partial charge in [-0.1, -0.05) is 11.2 Å². The van der Waals surface area contributed by atoms with Crippen LogP contribution in [-0.4, -0.2) is 29.0 Å². The van der Waals surface area contributed by atoms with E-state index in [0.29, 0.717) is 6.54 Å². The zero-order valence-electron chi connectivity index (χ0n) is 8.14. The van der Waals surface area contributed by atoms with Crippen molar-refractivity contribution < 1.29 is 5.21 Å². The van der Waals surface area contributed by atoms with Crippen LogP contribution in [0.15, 0.2) is 23.5 Å². The molecule has 0 saturated carbocycles. The van der Waals surface area contributed by atoms with Gasteiger partial charge in [0.15, 0.2) is 0 Å². The molecule has 0 unspecified atom stereocenters. The van der Waals surface area contributed by atoms with Gasteiger partial charge in [-0.15, -0.1) is 0 Å². The fourth-order valence-corrected chi connectivity index (χ4v) is 1.57. The Bertz CT molecular complexity index is 345. The van der Waals surface area contributed by atoms with Gasteiger partial charge in [0.05, 0.1) is 12.3 Å². The van der Waals surface area contributed by atoms with E-state index in [0.717, 1.165) is 30.1 Å². The third kappa shape index (κ3) is 1.69. The van der Waals surface area contributed by atoms with Crippen molar-refractivity contribution in [1.82, 2.24) is 4.98 Å². The minimum absolute atomic E-state index is 0.687. The number of rotatable bonds is 1. The van der Waals surface area contributed by atoms with Gasteiger partial charge in [0.2, 0.25) is 0 Å². The average molecular weight is 191 g/mol. The van der Waals surface area contributed by atoms with Crippen molar-refractivity contribution in [2.24, 2.45) is 5.16 Å². The Kier molecular flexibility index (Phi) is 2.35. The van der Waals surface area contributed by atoms with E-state index in [1.807, 2.05) is 25.3 Å². The largest absolute Gasteiger partial charge is 0.411 e. The lowest BCUT2D eigenvalue weighted by Crippen LogP contribution is -2.20. The van der Waals surface area contributed by atoms with E-state index in [9.17, 15) is 0 Å². The fraction of sp³-hybridized carbons (Fsp3) is 0.400. The Balaban J connectivity index is 2.13. The monoisotopic (exact) mass is 191 g/mol. The summed E-state index contributed by atoms with van der Waals surface area (Å²) in [6.07, 6.45) is 2.68. The van der Waals surface area contributed by atoms with Crippen LogP contribution in [0.1, 0.15) is 12.0 Å². The average Bonchev–Trinajstić information content (AvgIpc) is 2.67. The van der Waals surface area contributed by atoms with Crippen molar-refractivity contribution in [1.29, 1.82) is 0 Å². The summed E-state index contributed by atoms with van der Waals surface area (Å²) < 4.78 is 0. The highest BCUT2D eigenvalue weighted by Gasteiger charge is 2.19. The molecule has 14 heavy (non-hydrogen) atoms. The number of nitrogens with zero attached hydrogens (tertiary/aromatic N) is 3. The van der Waals surface area contributed by atoms with Crippen LogP contribution in [0, 0.1) is 6.92 Å². The normalized spacial score (nSPS) is 19.2. The standard InChI is InChI=1S/C10H13N3O/c1-8-2-3-10(11-6-8)13-5-4-9(7-13)12-14/h2-3,6,14H,4-5,7H2,1H3/b12-9-. The zero-order chi connectivity index (χ0) is 9.97. The Hall–Kier alpha value is -1.58. The van der Waals surface area contributed by atoms with Gasteiger partial charge < -0.3 is 10.1 Å². The summed E-state index contributed by atoms with van der Waals surface area (Å²) in [5.74, 6) is 0.953. The molecular weight excluding hydrogens is 178 g/mol. The van der Waals surface area contributed by atoms with Crippen LogP contribution < -0.4 is 4.90 Å². The highest BCUT2D eigenvalue weighted by Crippen LogP contribution is 2.16. The highest BCUT2D eigenvalue weighted by molar-refractivity contribution is 5.91. The van der Waals surface area contributed by atoms with Gasteiger partial charge >= 0.3 is 0 Å². The molecule has 4 heteroatoms. The third-order valence-electron chi connectivity index (χ3n) is 2.40. The summed E-state index contributed by atoms with van der Waals surface area (Å²) in [7, 11) is 0. The van der Waals surface area contributed by atoms with E-state index < -0.39 is 0 Å². The summed E-state index contributed by atoms with van der Waals surface area (Å²) in [5.41, 5.74) is 1.98. The lowest BCUT2D eigenvalue weighted by Gasteiger charge is -2.15. The molecule has 0 aromatic carbocycles. The lowest BCUT2D eigenvalue weighted by molar-refractivity contribution is 0.318. The predicted molar refractivity (Wildman–Crippen MR) is 55.0 cm³/mol. The number of aromatic nitrogens is 1. The maximum absolute atomic E-state index is 8.62. The van der Waals surface area contributed by atoms with E-state index in [4.69, 9.17) is 5.21 Å². The number of oxime groups is 1. The summed E-state index contributed by atoms with van der Waals surface area (Å²) in [6.45, 7) is 3.59. The summed E-state index contributed by atoms with van der Waals surface area (Å²) in [6, 6.07) is 4.03. The van der Waals surface area contributed by atoms with Crippen molar-refractivity contribution >= 4 is 11.5 Å². The van der Waals surface area contributed by atoms with Crippen molar-refractivity contribution in [2.75, 3.05) is 18.0 Å². The minimum atomic E-state index is 0.687. The van der Waals surface area contributed by atoms with Gasteiger partial charge in [-0.05, 0) is 18.6 Å². The van der Waals surface area contributed by atoms with Crippen LogP contribution >= 0.6 is 0 Å². The molecule has 0 amide bonds. The molecule has 74 valence electrons. The molecule has 0 spiro atoms. The molecule has 0 atom stereocenters. The van der Waals surface area contributed by atoms with Crippen LogP contribution in [0.25, 0.3) is 0 Å². The van der Waals surface area contributed by atoms with Gasteiger partial charge in [0.25, 0.3) is 0 Å². The highest BCUT2D eigenvalue weighted by atomic mass is 16.4. The minimum Gasteiger partial charge on any atom is -0.411 e. The first-order valence-corrected chi connectivity index (χ1v) is 4.67. The Morgan fingerprint density at radius 2 is 2.36 bits per heavy atom. The van der Waals surface area contributed by atoms with Crippen LogP contribution in [-0.2, 0) is 0 Å². The van der Waals surface area contributed by atoms with Crippen LogP contribution in [0.2, 0.25) is 0 Å². The third-order valence-corrected chi connectivity index (χ3v) is 2.40. The zero-order valence-corrected chi connectivity index (χ0v) is 8.14. The quantitative estimate of drug-likeness (QED) is 0.539. The van der Waals surface area contributed by atoms with Crippen molar-refractivity contribution in [3.63, 3.8) is 0 Å². The SMILES string of the molecule is Cc1ccc(N2CC/C(=N/O)C2)nc1. The number of anilines is 1. The van der Waals surface area contributed by atoms with E-state index in [1.54, 1.807) is 0 Å². The molecule has 1 saturated heterocycles. The van der Waals surface area contributed by atoms with Gasteiger partial charge in [-0.3, -0.25) is 0 Å². The smallest absolute Gasteiger partial charge is 0.128 e. The van der Waals surface area contributed by atoms with E-state index in [1.165, 1.54) is 0 Å². The lowest BCUT2D eigenvalue weighted by atomic mass is 10.3. The Labute approximate surface area is 82.9 Å². The molecule has 4 nitrogen and oxygen atoms in total. The Morgan fingerprint density at radius 1 is 1.50 bits per heavy atom. The van der Waals surface area contributed by atoms with Crippen molar-refractivity contribution in [3.8, 4) is 0 Å². The summed E-state index contributed by atoms with van der Waals surface area (Å²) in [5, 5.41) is 11.8. The predicted octanol–water partition coefficient (Wildman–Crippen LogP) is 1.43. The van der Waals surface area contributed by atoms with Crippen molar-refractivity contribution in [3.05, 3.63) is 23.9 Å². The molecule has 0 radical (unpaired) electrons. The van der Waals surface area contributed by atoms with Crippen LogP contribution in [0.4, 0.5) is 5.82 Å². The van der Waals surface area contributed by atoms with E-state index >= 15 is 0 Å². The molecular formula is C10H13N3O. The van der Waals surface area contributed by atoms with Crippen LogP contribution in [0.5, 0.6) is 0 Å². The van der Waals surface area contributed by atoms with Crippen LogP contribution in [0.3, 0.4) is 0 Å². The van der Waals surface area contributed by atoms with Gasteiger partial charge in [0, 0.05) is 19.2 Å². The van der Waals surface area contributed by atoms with E-state index in [-0.39, 0.29) is 0 Å². The second-order valence-electron chi connectivity index (χ2n) is 3.53. The molecule has 1 fully saturated rings. The molecule has 1 aromatic rings. The second-order valence-corrected chi connectivity index (χ2v) is 3.53. The molecule has 2 rings (SSSR count). The topological polar surface area (TPSA) is 48.7 Å². The number of aryl methyl sites for hydroxylation is 1. The first kappa shape index (κ1) is 8.99. The maximum Gasteiger partial charge on any atom is 0.128 e. The molecule has 0 aliphatic carbocycles. The summed E-state index contributed by atoms with van der Waals surface area (Å²) >= 11 is 0. The number of hydrogen-bond acceptors (Lipinski definition) is 4. The Morgan fingerprint density at radius 3 is 2.93 bits per heavy atom. The summed E-state index contributed by atoms with van der Waals surface area (Å²) in [4.78, 5) is 6.42. The molecule has 1 aliphatic heterocycles. The van der Waals surface area contributed by atoms with Gasteiger partial charge in [0.1, 0.15) is 5.82 Å². The molecule has 0 bridgehead atoms. The number of pyridine rings is 1. The second kappa shape index (κ2) is 3.65. The van der Waals surface area contributed by atoms with E-state index in [2.05, 4.69) is 15.0 Å². The molecule has 1 aromatic heterocycles. The first-order valence-electron chi connectivity index (χ1n) is 4.67. The maximum atomic E-state index is 8.62.